The van der Waals surface area contributed by atoms with E-state index in [1.54, 1.807) is 0 Å². The molecular weight excluding hydrogens is 168 g/mol. The van der Waals surface area contributed by atoms with Gasteiger partial charge in [0.25, 0.3) is 6.01 Å². The largest absolute Gasteiger partial charge is 0.428 e. The van der Waals surface area contributed by atoms with Gasteiger partial charge >= 0.3 is 0 Å². The fourth-order valence-corrected chi connectivity index (χ4v) is 1.15. The molecule has 0 aromatic carbocycles. The molecule has 1 aromatic heterocycles. The van der Waals surface area contributed by atoms with Crippen LogP contribution in [0.5, 0.6) is 0 Å². The highest BCUT2D eigenvalue weighted by Gasteiger charge is 2.16. The van der Waals surface area contributed by atoms with E-state index in [-0.39, 0.29) is 11.8 Å². The molecular formula is C9H14N2O2. The van der Waals surface area contributed by atoms with Crippen molar-refractivity contribution in [3.8, 4) is 0 Å². The Hall–Kier alpha value is -1.32. The van der Waals surface area contributed by atoms with Gasteiger partial charge in [0.2, 0.25) is 0 Å². The summed E-state index contributed by atoms with van der Waals surface area (Å²) in [6.07, 6.45) is 0.694. The number of nitrogens with two attached hydrogens (primary N) is 1. The van der Waals surface area contributed by atoms with Crippen LogP contribution in [-0.2, 0) is 6.42 Å². The fourth-order valence-electron chi connectivity index (χ4n) is 1.15. The van der Waals surface area contributed by atoms with Gasteiger partial charge in [-0.15, -0.1) is 0 Å². The van der Waals surface area contributed by atoms with Crippen molar-refractivity contribution in [1.29, 1.82) is 0 Å². The third-order valence-corrected chi connectivity index (χ3v) is 1.64. The van der Waals surface area contributed by atoms with Crippen LogP contribution in [0, 0.1) is 5.92 Å². The molecule has 0 aliphatic heterocycles. The van der Waals surface area contributed by atoms with E-state index in [1.807, 2.05) is 13.8 Å². The number of carbonyl (C=O) groups is 1. The number of carbonyl (C=O) groups excluding carboxylic acids is 1. The molecule has 0 fully saturated rings. The average molecular weight is 182 g/mol. The summed E-state index contributed by atoms with van der Waals surface area (Å²) in [7, 11) is 0. The standard InChI is InChI=1S/C9H14N2O2/c1-5(2)4-7-8(6(3)12)11-9(10)13-7/h5H,4H2,1-3H3,(H2,10,11). The van der Waals surface area contributed by atoms with Gasteiger partial charge in [0, 0.05) is 13.3 Å². The number of anilines is 1. The third kappa shape index (κ3) is 2.31. The zero-order chi connectivity index (χ0) is 10.0. The number of nitrogen functional groups attached to an aromatic ring is 1. The maximum atomic E-state index is 11.1. The molecule has 2 N–H and O–H groups in total. The van der Waals surface area contributed by atoms with Crippen LogP contribution in [0.1, 0.15) is 37.0 Å². The minimum absolute atomic E-state index is 0.0702. The second-order valence-corrected chi connectivity index (χ2v) is 3.48. The summed E-state index contributed by atoms with van der Waals surface area (Å²) in [6.45, 7) is 5.55. The van der Waals surface area contributed by atoms with Crippen LogP contribution in [-0.4, -0.2) is 10.8 Å². The van der Waals surface area contributed by atoms with E-state index >= 15 is 0 Å². The molecule has 0 spiro atoms. The van der Waals surface area contributed by atoms with Crippen molar-refractivity contribution in [3.63, 3.8) is 0 Å². The van der Waals surface area contributed by atoms with Crippen LogP contribution in [0.3, 0.4) is 0 Å². The molecule has 0 aliphatic rings. The Bertz CT molecular complexity index is 315. The summed E-state index contributed by atoms with van der Waals surface area (Å²) in [5, 5.41) is 0. The van der Waals surface area contributed by atoms with E-state index in [0.29, 0.717) is 23.8 Å². The van der Waals surface area contributed by atoms with Crippen LogP contribution in [0.2, 0.25) is 0 Å². The molecule has 0 bridgehead atoms. The normalized spacial score (nSPS) is 10.8. The second-order valence-electron chi connectivity index (χ2n) is 3.48. The van der Waals surface area contributed by atoms with Gasteiger partial charge in [0.05, 0.1) is 0 Å². The lowest BCUT2D eigenvalue weighted by molar-refractivity contribution is 0.101. The van der Waals surface area contributed by atoms with Crippen molar-refractivity contribution >= 4 is 11.8 Å². The van der Waals surface area contributed by atoms with Gasteiger partial charge in [-0.3, -0.25) is 4.79 Å². The SMILES string of the molecule is CC(=O)c1nc(N)oc1CC(C)C. The molecule has 0 unspecified atom stereocenters. The van der Waals surface area contributed by atoms with Gasteiger partial charge < -0.3 is 10.2 Å². The molecule has 0 atom stereocenters. The zero-order valence-electron chi connectivity index (χ0n) is 8.13. The number of hydrogen-bond acceptors (Lipinski definition) is 4. The molecule has 4 nitrogen and oxygen atoms in total. The molecule has 1 heterocycles. The monoisotopic (exact) mass is 182 g/mol. The van der Waals surface area contributed by atoms with Crippen molar-refractivity contribution in [1.82, 2.24) is 4.98 Å². The van der Waals surface area contributed by atoms with E-state index in [9.17, 15) is 4.79 Å². The molecule has 1 rings (SSSR count). The summed E-state index contributed by atoms with van der Waals surface area (Å²) >= 11 is 0. The highest BCUT2D eigenvalue weighted by molar-refractivity contribution is 5.93. The summed E-state index contributed by atoms with van der Waals surface area (Å²) < 4.78 is 5.13. The van der Waals surface area contributed by atoms with Crippen molar-refractivity contribution in [2.45, 2.75) is 27.2 Å². The zero-order valence-corrected chi connectivity index (χ0v) is 8.13. The van der Waals surface area contributed by atoms with Crippen molar-refractivity contribution < 1.29 is 9.21 Å². The highest BCUT2D eigenvalue weighted by atomic mass is 16.4. The Morgan fingerprint density at radius 3 is 2.69 bits per heavy atom. The lowest BCUT2D eigenvalue weighted by atomic mass is 10.1. The first-order valence-electron chi connectivity index (χ1n) is 4.26. The summed E-state index contributed by atoms with van der Waals surface area (Å²) in [5.74, 6) is 0.918. The van der Waals surface area contributed by atoms with E-state index in [1.165, 1.54) is 6.92 Å². The third-order valence-electron chi connectivity index (χ3n) is 1.64. The number of nitrogens with zero attached hydrogens (tertiary/aromatic N) is 1. The molecule has 0 saturated heterocycles. The van der Waals surface area contributed by atoms with Crippen molar-refractivity contribution in [2.75, 3.05) is 5.73 Å². The van der Waals surface area contributed by atoms with Gasteiger partial charge in [-0.05, 0) is 5.92 Å². The van der Waals surface area contributed by atoms with Gasteiger partial charge in [-0.25, -0.2) is 0 Å². The Morgan fingerprint density at radius 2 is 2.23 bits per heavy atom. The van der Waals surface area contributed by atoms with Gasteiger partial charge in [0.1, 0.15) is 11.5 Å². The molecule has 1 aromatic rings. The van der Waals surface area contributed by atoms with Gasteiger partial charge in [-0.2, -0.15) is 4.98 Å². The first kappa shape index (κ1) is 9.77. The second kappa shape index (κ2) is 3.60. The Morgan fingerprint density at radius 1 is 1.62 bits per heavy atom. The number of Topliss-reactive ketones (excluding diaryl/α,β-unsaturated/α-hetero) is 1. The minimum Gasteiger partial charge on any atom is -0.428 e. The molecule has 4 heteroatoms. The number of oxazole rings is 1. The molecule has 0 aliphatic carbocycles. The van der Waals surface area contributed by atoms with Crippen LogP contribution < -0.4 is 5.73 Å². The molecule has 0 radical (unpaired) electrons. The van der Waals surface area contributed by atoms with Gasteiger partial charge in [-0.1, -0.05) is 13.8 Å². The molecule has 0 saturated carbocycles. The summed E-state index contributed by atoms with van der Waals surface area (Å²) in [5.41, 5.74) is 5.73. The van der Waals surface area contributed by atoms with E-state index in [0.717, 1.165) is 0 Å². The predicted octanol–water partition coefficient (Wildman–Crippen LogP) is 1.66. The summed E-state index contributed by atoms with van der Waals surface area (Å²) in [4.78, 5) is 14.9. The fraction of sp³-hybridized carbons (Fsp3) is 0.556. The first-order valence-corrected chi connectivity index (χ1v) is 4.26. The van der Waals surface area contributed by atoms with Crippen LogP contribution in [0.25, 0.3) is 0 Å². The molecule has 0 amide bonds. The van der Waals surface area contributed by atoms with E-state index in [4.69, 9.17) is 10.2 Å². The lowest BCUT2D eigenvalue weighted by Gasteiger charge is -2.00. The maximum Gasteiger partial charge on any atom is 0.292 e. The smallest absolute Gasteiger partial charge is 0.292 e. The first-order chi connectivity index (χ1) is 6.00. The topological polar surface area (TPSA) is 69.1 Å². The van der Waals surface area contributed by atoms with Crippen LogP contribution in [0.4, 0.5) is 6.01 Å². The van der Waals surface area contributed by atoms with E-state index in [2.05, 4.69) is 4.98 Å². The Balaban J connectivity index is 2.97. The number of aromatic nitrogens is 1. The Kier molecular flexibility index (Phi) is 2.70. The number of ketones is 1. The predicted molar refractivity (Wildman–Crippen MR) is 49.5 cm³/mol. The maximum absolute atomic E-state index is 11.1. The number of hydrogen-bond donors (Lipinski definition) is 1. The van der Waals surface area contributed by atoms with E-state index < -0.39 is 0 Å². The van der Waals surface area contributed by atoms with Crippen molar-refractivity contribution in [2.24, 2.45) is 5.92 Å². The number of rotatable bonds is 3. The summed E-state index contributed by atoms with van der Waals surface area (Å²) in [6, 6.07) is 0.0702. The quantitative estimate of drug-likeness (QED) is 0.722. The molecule has 13 heavy (non-hydrogen) atoms. The highest BCUT2D eigenvalue weighted by Crippen LogP contribution is 2.17. The van der Waals surface area contributed by atoms with Gasteiger partial charge in [0.15, 0.2) is 5.78 Å². The van der Waals surface area contributed by atoms with Crippen molar-refractivity contribution in [3.05, 3.63) is 11.5 Å². The Labute approximate surface area is 77.1 Å². The lowest BCUT2D eigenvalue weighted by Crippen LogP contribution is -2.01. The van der Waals surface area contributed by atoms with Crippen LogP contribution >= 0.6 is 0 Å². The van der Waals surface area contributed by atoms with Crippen LogP contribution in [0.15, 0.2) is 4.42 Å². The molecule has 72 valence electrons. The minimum atomic E-state index is -0.101. The average Bonchev–Trinajstić information content (AvgIpc) is 2.29.